The van der Waals surface area contributed by atoms with Gasteiger partial charge in [0.2, 0.25) is 0 Å². The third-order valence-corrected chi connectivity index (χ3v) is 2.98. The number of aromatic nitrogens is 1. The number of hydrogen-bond donors (Lipinski definition) is 1. The minimum Gasteiger partial charge on any atom is -0.349 e. The van der Waals surface area contributed by atoms with Crippen molar-refractivity contribution in [1.82, 2.24) is 4.98 Å². The van der Waals surface area contributed by atoms with Gasteiger partial charge in [-0.25, -0.2) is 4.98 Å². The topological polar surface area (TPSA) is 42.2 Å². The molecular formula is C12H19N3. The molecule has 3 nitrogen and oxygen atoms in total. The molecule has 0 bridgehead atoms. The SMILES string of the molecule is Cc1cccnc1N(C(C)CN)C1CC1. The van der Waals surface area contributed by atoms with Crippen LogP contribution in [0.25, 0.3) is 0 Å². The molecule has 3 heteroatoms. The largest absolute Gasteiger partial charge is 0.349 e. The maximum Gasteiger partial charge on any atom is 0.131 e. The van der Waals surface area contributed by atoms with Crippen LogP contribution in [0.4, 0.5) is 5.82 Å². The van der Waals surface area contributed by atoms with Gasteiger partial charge in [-0.1, -0.05) is 6.07 Å². The van der Waals surface area contributed by atoms with Gasteiger partial charge in [0.25, 0.3) is 0 Å². The van der Waals surface area contributed by atoms with Crippen LogP contribution >= 0.6 is 0 Å². The van der Waals surface area contributed by atoms with Crippen LogP contribution in [0.3, 0.4) is 0 Å². The van der Waals surface area contributed by atoms with Crippen LogP contribution in [0.2, 0.25) is 0 Å². The summed E-state index contributed by atoms with van der Waals surface area (Å²) in [6, 6.07) is 5.14. The lowest BCUT2D eigenvalue weighted by molar-refractivity contribution is 0.628. The van der Waals surface area contributed by atoms with Crippen molar-refractivity contribution >= 4 is 5.82 Å². The second-order valence-corrected chi connectivity index (χ2v) is 4.37. The van der Waals surface area contributed by atoms with E-state index in [9.17, 15) is 0 Å². The average molecular weight is 205 g/mol. The molecule has 2 N–H and O–H groups in total. The van der Waals surface area contributed by atoms with Gasteiger partial charge in [-0.05, 0) is 38.3 Å². The van der Waals surface area contributed by atoms with Gasteiger partial charge in [-0.15, -0.1) is 0 Å². The molecule has 0 aromatic carbocycles. The summed E-state index contributed by atoms with van der Waals surface area (Å²) in [4.78, 5) is 6.86. The zero-order chi connectivity index (χ0) is 10.8. The van der Waals surface area contributed by atoms with E-state index in [1.807, 2.05) is 12.3 Å². The van der Waals surface area contributed by atoms with E-state index in [4.69, 9.17) is 5.73 Å². The third-order valence-electron chi connectivity index (χ3n) is 2.98. The Morgan fingerprint density at radius 2 is 2.33 bits per heavy atom. The van der Waals surface area contributed by atoms with Gasteiger partial charge in [0.1, 0.15) is 5.82 Å². The first-order valence-electron chi connectivity index (χ1n) is 5.64. The van der Waals surface area contributed by atoms with E-state index in [1.54, 1.807) is 0 Å². The highest BCUT2D eigenvalue weighted by molar-refractivity contribution is 5.49. The van der Waals surface area contributed by atoms with Crippen LogP contribution < -0.4 is 10.6 Å². The van der Waals surface area contributed by atoms with Gasteiger partial charge in [-0.2, -0.15) is 0 Å². The van der Waals surface area contributed by atoms with Crippen molar-refractivity contribution in [3.63, 3.8) is 0 Å². The van der Waals surface area contributed by atoms with Gasteiger partial charge in [0.15, 0.2) is 0 Å². The van der Waals surface area contributed by atoms with E-state index in [0.29, 0.717) is 18.6 Å². The maximum atomic E-state index is 5.76. The lowest BCUT2D eigenvalue weighted by Gasteiger charge is -2.30. The summed E-state index contributed by atoms with van der Waals surface area (Å²) in [6.45, 7) is 4.97. The van der Waals surface area contributed by atoms with Crippen LogP contribution in [-0.4, -0.2) is 23.6 Å². The van der Waals surface area contributed by atoms with Crippen molar-refractivity contribution < 1.29 is 0 Å². The van der Waals surface area contributed by atoms with E-state index in [-0.39, 0.29) is 0 Å². The molecular weight excluding hydrogens is 186 g/mol. The van der Waals surface area contributed by atoms with Gasteiger partial charge >= 0.3 is 0 Å². The van der Waals surface area contributed by atoms with Crippen LogP contribution in [0.1, 0.15) is 25.3 Å². The average Bonchev–Trinajstić information content (AvgIpc) is 3.05. The number of rotatable bonds is 4. The molecule has 82 valence electrons. The summed E-state index contributed by atoms with van der Waals surface area (Å²) in [5.41, 5.74) is 7.00. The Balaban J connectivity index is 2.28. The fourth-order valence-electron chi connectivity index (χ4n) is 1.96. The first kappa shape index (κ1) is 10.4. The van der Waals surface area contributed by atoms with E-state index in [1.165, 1.54) is 18.4 Å². The number of anilines is 1. The number of nitrogens with zero attached hydrogens (tertiary/aromatic N) is 2. The summed E-state index contributed by atoms with van der Waals surface area (Å²) < 4.78 is 0. The quantitative estimate of drug-likeness (QED) is 0.813. The summed E-state index contributed by atoms with van der Waals surface area (Å²) in [5, 5.41) is 0. The molecule has 1 aromatic rings. The second-order valence-electron chi connectivity index (χ2n) is 4.37. The zero-order valence-corrected chi connectivity index (χ0v) is 9.48. The van der Waals surface area contributed by atoms with Crippen molar-refractivity contribution in [2.75, 3.05) is 11.4 Å². The molecule has 0 spiro atoms. The molecule has 1 unspecified atom stereocenters. The highest BCUT2D eigenvalue weighted by Crippen LogP contribution is 2.33. The molecule has 15 heavy (non-hydrogen) atoms. The van der Waals surface area contributed by atoms with Crippen molar-refractivity contribution in [2.24, 2.45) is 5.73 Å². The Morgan fingerprint density at radius 3 is 2.87 bits per heavy atom. The van der Waals surface area contributed by atoms with Crippen LogP contribution in [0.5, 0.6) is 0 Å². The van der Waals surface area contributed by atoms with Crippen LogP contribution in [-0.2, 0) is 0 Å². The molecule has 1 atom stereocenters. The minimum atomic E-state index is 0.381. The standard InChI is InChI=1S/C12H19N3/c1-9-4-3-7-14-12(9)15(10(2)8-13)11-5-6-11/h3-4,7,10-11H,5-6,8,13H2,1-2H3. The normalized spacial score (nSPS) is 17.5. The fraction of sp³-hybridized carbons (Fsp3) is 0.583. The predicted molar refractivity (Wildman–Crippen MR) is 63.0 cm³/mol. The molecule has 1 aromatic heterocycles. The van der Waals surface area contributed by atoms with Gasteiger partial charge in [-0.3, -0.25) is 0 Å². The summed E-state index contributed by atoms with van der Waals surface area (Å²) in [5.74, 6) is 1.11. The highest BCUT2D eigenvalue weighted by Gasteiger charge is 2.33. The Morgan fingerprint density at radius 1 is 1.60 bits per heavy atom. The number of aryl methyl sites for hydroxylation is 1. The molecule has 1 aliphatic rings. The lowest BCUT2D eigenvalue weighted by atomic mass is 10.2. The summed E-state index contributed by atoms with van der Waals surface area (Å²) >= 11 is 0. The Labute approximate surface area is 91.3 Å². The molecule has 1 saturated carbocycles. The second kappa shape index (κ2) is 4.19. The van der Waals surface area contributed by atoms with E-state index >= 15 is 0 Å². The zero-order valence-electron chi connectivity index (χ0n) is 9.48. The molecule has 1 fully saturated rings. The Bertz CT molecular complexity index is 333. The highest BCUT2D eigenvalue weighted by atomic mass is 15.3. The molecule has 1 aliphatic carbocycles. The van der Waals surface area contributed by atoms with E-state index < -0.39 is 0 Å². The number of pyridine rings is 1. The van der Waals surface area contributed by atoms with Crippen molar-refractivity contribution in [1.29, 1.82) is 0 Å². The number of nitrogens with two attached hydrogens (primary N) is 1. The smallest absolute Gasteiger partial charge is 0.131 e. The van der Waals surface area contributed by atoms with E-state index in [2.05, 4.69) is 29.8 Å². The lowest BCUT2D eigenvalue weighted by Crippen LogP contribution is -2.41. The fourth-order valence-corrected chi connectivity index (χ4v) is 1.96. The first-order valence-corrected chi connectivity index (χ1v) is 5.64. The Kier molecular flexibility index (Phi) is 2.91. The van der Waals surface area contributed by atoms with Crippen molar-refractivity contribution in [3.8, 4) is 0 Å². The molecule has 2 rings (SSSR count). The predicted octanol–water partition coefficient (Wildman–Crippen LogP) is 1.71. The van der Waals surface area contributed by atoms with Crippen LogP contribution in [0.15, 0.2) is 18.3 Å². The van der Waals surface area contributed by atoms with Crippen LogP contribution in [0, 0.1) is 6.92 Å². The van der Waals surface area contributed by atoms with Gasteiger partial charge in [0.05, 0.1) is 0 Å². The molecule has 0 saturated heterocycles. The minimum absolute atomic E-state index is 0.381. The molecule has 0 radical (unpaired) electrons. The van der Waals surface area contributed by atoms with Crippen molar-refractivity contribution in [3.05, 3.63) is 23.9 Å². The molecule has 0 amide bonds. The van der Waals surface area contributed by atoms with E-state index in [0.717, 1.165) is 5.82 Å². The maximum absolute atomic E-state index is 5.76. The summed E-state index contributed by atoms with van der Waals surface area (Å²) in [7, 11) is 0. The van der Waals surface area contributed by atoms with Gasteiger partial charge in [0, 0.05) is 24.8 Å². The summed E-state index contributed by atoms with van der Waals surface area (Å²) in [6.07, 6.45) is 4.42. The first-order chi connectivity index (χ1) is 7.24. The molecule has 0 aliphatic heterocycles. The number of hydrogen-bond acceptors (Lipinski definition) is 3. The molecule has 1 heterocycles. The Hall–Kier alpha value is -1.09. The van der Waals surface area contributed by atoms with Gasteiger partial charge < -0.3 is 10.6 Å². The van der Waals surface area contributed by atoms with Crippen molar-refractivity contribution in [2.45, 2.75) is 38.8 Å². The monoisotopic (exact) mass is 205 g/mol. The third kappa shape index (κ3) is 2.12.